The summed E-state index contributed by atoms with van der Waals surface area (Å²) in [6.07, 6.45) is 10.9. The number of hydrogen-bond donors (Lipinski definition) is 1. The van der Waals surface area contributed by atoms with E-state index in [1.165, 1.54) is 54.1 Å². The predicted molar refractivity (Wildman–Crippen MR) is 161 cm³/mol. The molecule has 0 aliphatic carbocycles. The van der Waals surface area contributed by atoms with Gasteiger partial charge < -0.3 is 15.0 Å². The maximum absolute atomic E-state index is 13.3. The van der Waals surface area contributed by atoms with Gasteiger partial charge in [-0.15, -0.1) is 23.1 Å². The third kappa shape index (κ3) is 8.91. The molecule has 0 radical (unpaired) electrons. The Kier molecular flexibility index (Phi) is 12.1. The number of carbonyl (C=O) groups is 4. The number of rotatable bonds is 10. The van der Waals surface area contributed by atoms with Crippen molar-refractivity contribution in [2.45, 2.75) is 95.9 Å². The van der Waals surface area contributed by atoms with E-state index in [4.69, 9.17) is 4.74 Å². The fraction of sp³-hybridized carbons (Fsp3) is 0.643. The topological polar surface area (TPSA) is 118 Å². The van der Waals surface area contributed by atoms with Crippen molar-refractivity contribution < 1.29 is 23.9 Å². The van der Waals surface area contributed by atoms with Crippen LogP contribution in [-0.2, 0) is 30.5 Å². The third-order valence-corrected chi connectivity index (χ3v) is 9.87. The van der Waals surface area contributed by atoms with Crippen LogP contribution in [0.15, 0.2) is 22.5 Å². The maximum atomic E-state index is 13.3. The van der Waals surface area contributed by atoms with Gasteiger partial charge in [-0.3, -0.25) is 19.4 Å². The molecule has 3 aliphatic heterocycles. The number of nitrogens with one attached hydrogen (secondary N) is 1. The van der Waals surface area contributed by atoms with E-state index in [9.17, 15) is 19.2 Å². The fourth-order valence-electron chi connectivity index (χ4n) is 4.84. The zero-order valence-corrected chi connectivity index (χ0v) is 25.4. The van der Waals surface area contributed by atoms with E-state index >= 15 is 0 Å². The van der Waals surface area contributed by atoms with E-state index < -0.39 is 24.2 Å². The first-order valence-electron chi connectivity index (χ1n) is 14.2. The minimum atomic E-state index is -0.768. The Morgan fingerprint density at radius 2 is 2.10 bits per heavy atom. The Morgan fingerprint density at radius 3 is 2.95 bits per heavy atom. The van der Waals surface area contributed by atoms with Crippen LogP contribution in [0, 0.1) is 0 Å². The number of aromatic nitrogens is 1. The summed E-state index contributed by atoms with van der Waals surface area (Å²) >= 11 is 4.25. The number of amides is 2. The summed E-state index contributed by atoms with van der Waals surface area (Å²) in [7, 11) is 0. The van der Waals surface area contributed by atoms with Gasteiger partial charge in [0.25, 0.3) is 0 Å². The van der Waals surface area contributed by atoms with Crippen LogP contribution in [0.3, 0.4) is 0 Å². The molecule has 1 aromatic rings. The van der Waals surface area contributed by atoms with Crippen molar-refractivity contribution in [3.63, 3.8) is 0 Å². The largest absolute Gasteiger partial charge is 0.456 e. The van der Waals surface area contributed by atoms with E-state index in [0.717, 1.165) is 22.9 Å². The molecular formula is C28H38N4O5S3. The molecule has 4 rings (SSSR count). The van der Waals surface area contributed by atoms with Gasteiger partial charge in [0.15, 0.2) is 5.12 Å². The van der Waals surface area contributed by atoms with Crippen LogP contribution in [-0.4, -0.2) is 74.1 Å². The Hall–Kier alpha value is -2.18. The van der Waals surface area contributed by atoms with Crippen molar-refractivity contribution in [3.8, 4) is 0 Å². The van der Waals surface area contributed by atoms with Crippen LogP contribution in [0.2, 0.25) is 0 Å². The Balaban J connectivity index is 1.37. The Labute approximate surface area is 248 Å². The zero-order chi connectivity index (χ0) is 28.3. The Morgan fingerprint density at radius 1 is 1.25 bits per heavy atom. The van der Waals surface area contributed by atoms with Crippen LogP contribution in [0.1, 0.15) is 81.8 Å². The molecule has 0 aromatic carbocycles. The molecule has 40 heavy (non-hydrogen) atoms. The first kappa shape index (κ1) is 30.8. The average Bonchev–Trinajstić information content (AvgIpc) is 3.71. The second-order valence-corrected chi connectivity index (χ2v) is 13.2. The number of nitrogens with zero attached hydrogens (tertiary/aromatic N) is 3. The highest BCUT2D eigenvalue weighted by atomic mass is 32.2. The highest BCUT2D eigenvalue weighted by Gasteiger charge is 2.40. The second-order valence-electron chi connectivity index (χ2n) is 10.1. The van der Waals surface area contributed by atoms with Crippen molar-refractivity contribution in [2.75, 3.05) is 18.1 Å². The molecule has 12 heteroatoms. The quantitative estimate of drug-likeness (QED) is 0.235. The van der Waals surface area contributed by atoms with Crippen molar-refractivity contribution in [3.05, 3.63) is 28.2 Å². The number of aliphatic imine (C=N–C) groups is 1. The Bertz CT molecular complexity index is 1120. The van der Waals surface area contributed by atoms with Crippen molar-refractivity contribution in [1.29, 1.82) is 0 Å². The van der Waals surface area contributed by atoms with Gasteiger partial charge in [-0.2, -0.15) is 0 Å². The van der Waals surface area contributed by atoms with Crippen LogP contribution in [0.4, 0.5) is 0 Å². The molecule has 0 saturated carbocycles. The molecule has 2 amide bonds. The summed E-state index contributed by atoms with van der Waals surface area (Å²) in [6.45, 7) is 2.92. The second kappa shape index (κ2) is 15.7. The van der Waals surface area contributed by atoms with Crippen molar-refractivity contribution in [1.82, 2.24) is 15.2 Å². The lowest BCUT2D eigenvalue weighted by atomic mass is 10.1. The monoisotopic (exact) mass is 606 g/mol. The molecule has 218 valence electrons. The van der Waals surface area contributed by atoms with E-state index in [0.29, 0.717) is 49.4 Å². The number of thiazole rings is 1. The van der Waals surface area contributed by atoms with Gasteiger partial charge in [-0.05, 0) is 31.8 Å². The number of fused-ring (bicyclic) bond motifs is 5. The molecule has 1 fully saturated rings. The van der Waals surface area contributed by atoms with E-state index in [-0.39, 0.29) is 29.9 Å². The molecule has 3 aliphatic rings. The molecule has 3 atom stereocenters. The number of allylic oxidation sites excluding steroid dienone is 1. The molecular weight excluding hydrogens is 569 g/mol. The summed E-state index contributed by atoms with van der Waals surface area (Å²) < 4.78 is 5.80. The normalized spacial score (nSPS) is 23.7. The number of ether oxygens (including phenoxy) is 1. The van der Waals surface area contributed by atoms with E-state index in [1.807, 2.05) is 11.5 Å². The first-order valence-corrected chi connectivity index (χ1v) is 17.0. The lowest BCUT2D eigenvalue weighted by Crippen LogP contribution is -2.46. The summed E-state index contributed by atoms with van der Waals surface area (Å²) in [4.78, 5) is 62.2. The van der Waals surface area contributed by atoms with Crippen LogP contribution < -0.4 is 5.32 Å². The summed E-state index contributed by atoms with van der Waals surface area (Å²) in [5.41, 5.74) is 0.715. The smallest absolute Gasteiger partial charge is 0.329 e. The summed E-state index contributed by atoms with van der Waals surface area (Å²) in [5.74, 6) is 0.231. The average molecular weight is 607 g/mol. The minimum absolute atomic E-state index is 0.0316. The van der Waals surface area contributed by atoms with Crippen molar-refractivity contribution in [2.24, 2.45) is 4.99 Å². The van der Waals surface area contributed by atoms with Gasteiger partial charge in [0, 0.05) is 29.9 Å². The molecule has 4 heterocycles. The zero-order valence-electron chi connectivity index (χ0n) is 23.0. The third-order valence-electron chi connectivity index (χ3n) is 6.99. The minimum Gasteiger partial charge on any atom is -0.456 e. The van der Waals surface area contributed by atoms with Gasteiger partial charge in [-0.1, -0.05) is 50.4 Å². The fourth-order valence-corrected chi connectivity index (χ4v) is 7.39. The van der Waals surface area contributed by atoms with Gasteiger partial charge in [-0.25, -0.2) is 9.78 Å². The molecule has 1 saturated heterocycles. The molecule has 1 N–H and O–H groups in total. The SMILES string of the molecule is CCCCCCCC(=O)SCCC=CC1CC(=O)NCc2nc(cs2)C2=N[C@@H](CS2)C(=O)N2CCC[C@H]2C(=O)O1. The lowest BCUT2D eigenvalue weighted by Gasteiger charge is -2.26. The lowest BCUT2D eigenvalue weighted by molar-refractivity contribution is -0.157. The van der Waals surface area contributed by atoms with Gasteiger partial charge in [0.2, 0.25) is 11.8 Å². The summed E-state index contributed by atoms with van der Waals surface area (Å²) in [6, 6.07) is -1.22. The molecule has 4 bridgehead atoms. The van der Waals surface area contributed by atoms with Crippen LogP contribution in [0.5, 0.6) is 0 Å². The van der Waals surface area contributed by atoms with E-state index in [1.54, 1.807) is 11.0 Å². The number of cyclic esters (lactones) is 1. The van der Waals surface area contributed by atoms with Gasteiger partial charge in [0.1, 0.15) is 33.9 Å². The number of carbonyl (C=O) groups excluding carboxylic acids is 4. The molecule has 0 spiro atoms. The first-order chi connectivity index (χ1) is 19.4. The number of hydrogen-bond acceptors (Lipinski definition) is 10. The molecule has 9 nitrogen and oxygen atoms in total. The van der Waals surface area contributed by atoms with Gasteiger partial charge in [0.05, 0.1) is 13.0 Å². The number of unbranched alkanes of at least 4 members (excludes halogenated alkanes) is 4. The van der Waals surface area contributed by atoms with Crippen LogP contribution >= 0.6 is 34.9 Å². The highest BCUT2D eigenvalue weighted by molar-refractivity contribution is 8.14. The maximum Gasteiger partial charge on any atom is 0.329 e. The van der Waals surface area contributed by atoms with E-state index in [2.05, 4.69) is 22.2 Å². The number of thioether (sulfide) groups is 2. The van der Waals surface area contributed by atoms with Crippen molar-refractivity contribution >= 4 is 62.8 Å². The molecule has 1 aromatic heterocycles. The van der Waals surface area contributed by atoms with Gasteiger partial charge >= 0.3 is 5.97 Å². The predicted octanol–water partition coefficient (Wildman–Crippen LogP) is 4.49. The number of esters is 1. The summed E-state index contributed by atoms with van der Waals surface area (Å²) in [5, 5.41) is 6.43. The molecule has 1 unspecified atom stereocenters. The van der Waals surface area contributed by atoms with Crippen LogP contribution in [0.25, 0.3) is 0 Å². The highest BCUT2D eigenvalue weighted by Crippen LogP contribution is 2.29. The standard InChI is InChI=1S/C28H38N4O5S3/c1-2-3-4-5-6-12-25(34)38-14-8-7-10-19-15-23(33)29-16-24-30-20(17-39-24)26-31-21(18-40-26)27(35)32-13-9-11-22(32)28(36)37-19/h7,10,17,19,21-22H,2-6,8-9,11-16,18H2,1H3,(H,29,33)/t19?,21-,22-/m0/s1.